The van der Waals surface area contributed by atoms with E-state index in [1.807, 2.05) is 12.1 Å². The van der Waals surface area contributed by atoms with Gasteiger partial charge in [-0.25, -0.2) is 9.97 Å². The second-order valence-electron chi connectivity index (χ2n) is 7.27. The second-order valence-corrected chi connectivity index (χ2v) is 7.68. The van der Waals surface area contributed by atoms with E-state index in [0.29, 0.717) is 28.8 Å². The minimum Gasteiger partial charge on any atom is -0.497 e. The number of nitrogens with two attached hydrogens (primary N) is 1. The number of nitrogens with one attached hydrogen (secondary N) is 2. The molecule has 10 heteroatoms. The predicted molar refractivity (Wildman–Crippen MR) is 135 cm³/mol. The lowest BCUT2D eigenvalue weighted by molar-refractivity contribution is -0.120. The van der Waals surface area contributed by atoms with E-state index < -0.39 is 5.91 Å². The van der Waals surface area contributed by atoms with E-state index >= 15 is 0 Å². The summed E-state index contributed by atoms with van der Waals surface area (Å²) < 4.78 is 10.9. The van der Waals surface area contributed by atoms with Crippen molar-refractivity contribution in [2.24, 2.45) is 5.73 Å². The highest BCUT2D eigenvalue weighted by molar-refractivity contribution is 6.32. The summed E-state index contributed by atoms with van der Waals surface area (Å²) in [5.41, 5.74) is 6.30. The summed E-state index contributed by atoms with van der Waals surface area (Å²) in [5, 5.41) is 5.69. The fourth-order valence-electron chi connectivity index (χ4n) is 2.64. The van der Waals surface area contributed by atoms with E-state index in [1.165, 1.54) is 31.6 Å². The number of benzene rings is 2. The molecule has 1 aromatic heterocycles. The summed E-state index contributed by atoms with van der Waals surface area (Å²) in [6, 6.07) is 12.4. The van der Waals surface area contributed by atoms with Crippen LogP contribution in [0.15, 0.2) is 61.2 Å². The van der Waals surface area contributed by atoms with E-state index in [9.17, 15) is 9.59 Å². The number of nitrogens with zero attached hydrogens (tertiary/aromatic N) is 2. The van der Waals surface area contributed by atoms with Gasteiger partial charge in [0.25, 0.3) is 5.91 Å². The number of carbonyl (C=O) groups excluding carboxylic acids is 2. The lowest BCUT2D eigenvalue weighted by Gasteiger charge is -2.10. The highest BCUT2D eigenvalue weighted by atomic mass is 35.5. The number of hydrogen-bond acceptors (Lipinski definition) is 7. The van der Waals surface area contributed by atoms with Crippen LogP contribution in [0.1, 0.15) is 35.7 Å². The van der Waals surface area contributed by atoms with Gasteiger partial charge < -0.3 is 25.8 Å². The van der Waals surface area contributed by atoms with Crippen molar-refractivity contribution in [3.8, 4) is 17.2 Å². The van der Waals surface area contributed by atoms with E-state index in [-0.39, 0.29) is 18.0 Å². The topological polar surface area (TPSA) is 128 Å². The maximum atomic E-state index is 11.9. The lowest BCUT2D eigenvalue weighted by Crippen LogP contribution is -2.36. The molecule has 2 aromatic carbocycles. The van der Waals surface area contributed by atoms with Gasteiger partial charge >= 0.3 is 0 Å². The molecule has 4 N–H and O–H groups in total. The molecule has 0 saturated heterocycles. The van der Waals surface area contributed by atoms with Crippen LogP contribution >= 0.6 is 11.6 Å². The third kappa shape index (κ3) is 9.99. The van der Waals surface area contributed by atoms with Crippen molar-refractivity contribution in [2.75, 3.05) is 20.2 Å². The summed E-state index contributed by atoms with van der Waals surface area (Å²) in [4.78, 5) is 31.3. The first-order valence-corrected chi connectivity index (χ1v) is 11.4. The van der Waals surface area contributed by atoms with Gasteiger partial charge in [-0.05, 0) is 42.8 Å². The van der Waals surface area contributed by atoms with E-state index in [4.69, 9.17) is 26.8 Å². The molecule has 2 amide bonds. The standard InChI is InChI=1S/C21H19ClN4O4.C4H11N/c1-29-17-6-7-19(18(22)8-17)30-16-4-2-14(3-5-16)9-25-20(27)12-26-21(28)15-10-23-13-24-11-15;1-2-3-4-5/h2-8,10-11,13H,9,12H2,1H3,(H,25,27)(H,26,28);2-5H2,1H3. The monoisotopic (exact) mass is 499 g/mol. The van der Waals surface area contributed by atoms with E-state index in [1.54, 1.807) is 37.4 Å². The van der Waals surface area contributed by atoms with Gasteiger partial charge in [-0.15, -0.1) is 0 Å². The molecule has 0 atom stereocenters. The molecule has 3 aromatic rings. The molecule has 0 unspecified atom stereocenters. The van der Waals surface area contributed by atoms with Crippen molar-refractivity contribution < 1.29 is 19.1 Å². The molecular weight excluding hydrogens is 470 g/mol. The first-order chi connectivity index (χ1) is 17.0. The van der Waals surface area contributed by atoms with Gasteiger partial charge in [-0.2, -0.15) is 0 Å². The SMILES string of the molecule is CCCCN.COc1ccc(Oc2ccc(CNC(=O)CNC(=O)c3cncnc3)cc2)c(Cl)c1. The Bertz CT molecular complexity index is 1060. The molecule has 0 radical (unpaired) electrons. The number of rotatable bonds is 10. The molecular formula is C25H30ClN5O4. The molecule has 0 fully saturated rings. The Morgan fingerprint density at radius 3 is 2.29 bits per heavy atom. The van der Waals surface area contributed by atoms with Gasteiger partial charge in [0, 0.05) is 25.0 Å². The van der Waals surface area contributed by atoms with Crippen molar-refractivity contribution in [1.29, 1.82) is 0 Å². The number of aromatic nitrogens is 2. The number of ether oxygens (including phenoxy) is 2. The van der Waals surface area contributed by atoms with Crippen molar-refractivity contribution in [3.63, 3.8) is 0 Å². The first kappa shape index (κ1) is 27.6. The van der Waals surface area contributed by atoms with Crippen LogP contribution in [-0.4, -0.2) is 42.0 Å². The maximum absolute atomic E-state index is 11.9. The molecule has 0 bridgehead atoms. The minimum absolute atomic E-state index is 0.148. The number of amides is 2. The van der Waals surface area contributed by atoms with Crippen LogP contribution in [0.3, 0.4) is 0 Å². The Labute approximate surface area is 210 Å². The van der Waals surface area contributed by atoms with Gasteiger partial charge in [0.1, 0.15) is 23.6 Å². The highest BCUT2D eigenvalue weighted by Crippen LogP contribution is 2.32. The third-order valence-electron chi connectivity index (χ3n) is 4.57. The van der Waals surface area contributed by atoms with Gasteiger partial charge in [0.2, 0.25) is 5.91 Å². The summed E-state index contributed by atoms with van der Waals surface area (Å²) in [6.45, 7) is 3.14. The smallest absolute Gasteiger partial charge is 0.254 e. The molecule has 0 aliphatic heterocycles. The van der Waals surface area contributed by atoms with Crippen molar-refractivity contribution >= 4 is 23.4 Å². The van der Waals surface area contributed by atoms with Crippen molar-refractivity contribution in [3.05, 3.63) is 77.3 Å². The number of carbonyl (C=O) groups is 2. The fourth-order valence-corrected chi connectivity index (χ4v) is 2.85. The Kier molecular flexibility index (Phi) is 12.0. The molecule has 0 aliphatic rings. The second kappa shape index (κ2) is 15.3. The van der Waals surface area contributed by atoms with Crippen molar-refractivity contribution in [1.82, 2.24) is 20.6 Å². The van der Waals surface area contributed by atoms with Gasteiger partial charge in [0.05, 0.1) is 24.2 Å². The van der Waals surface area contributed by atoms with Crippen LogP contribution in [0.5, 0.6) is 17.2 Å². The minimum atomic E-state index is -0.413. The third-order valence-corrected chi connectivity index (χ3v) is 4.87. The first-order valence-electron chi connectivity index (χ1n) is 11.1. The fraction of sp³-hybridized carbons (Fsp3) is 0.280. The van der Waals surface area contributed by atoms with Crippen LogP contribution in [0.25, 0.3) is 0 Å². The highest BCUT2D eigenvalue weighted by Gasteiger charge is 2.09. The maximum Gasteiger partial charge on any atom is 0.254 e. The van der Waals surface area contributed by atoms with Crippen LogP contribution in [0, 0.1) is 0 Å². The summed E-state index contributed by atoms with van der Waals surface area (Å²) in [6.07, 6.45) is 6.47. The number of hydrogen-bond donors (Lipinski definition) is 3. The normalized spacial score (nSPS) is 9.94. The van der Waals surface area contributed by atoms with E-state index in [2.05, 4.69) is 27.5 Å². The molecule has 0 saturated carbocycles. The summed E-state index contributed by atoms with van der Waals surface area (Å²) in [7, 11) is 1.57. The molecule has 35 heavy (non-hydrogen) atoms. The molecule has 0 spiro atoms. The molecule has 0 aliphatic carbocycles. The average Bonchev–Trinajstić information content (AvgIpc) is 2.89. The van der Waals surface area contributed by atoms with Gasteiger partial charge in [0.15, 0.2) is 0 Å². The zero-order valence-electron chi connectivity index (χ0n) is 19.8. The molecule has 9 nitrogen and oxygen atoms in total. The lowest BCUT2D eigenvalue weighted by atomic mass is 10.2. The molecule has 3 rings (SSSR count). The Hall–Kier alpha value is -3.69. The number of methoxy groups -OCH3 is 1. The average molecular weight is 500 g/mol. The van der Waals surface area contributed by atoms with Crippen molar-refractivity contribution in [2.45, 2.75) is 26.3 Å². The van der Waals surface area contributed by atoms with Gasteiger partial charge in [-0.1, -0.05) is 37.1 Å². The largest absolute Gasteiger partial charge is 0.497 e. The summed E-state index contributed by atoms with van der Waals surface area (Å²) >= 11 is 6.18. The molecule has 1 heterocycles. The van der Waals surface area contributed by atoms with Gasteiger partial charge in [-0.3, -0.25) is 9.59 Å². The Morgan fingerprint density at radius 2 is 1.71 bits per heavy atom. The van der Waals surface area contributed by atoms with Crippen LogP contribution < -0.4 is 25.8 Å². The number of unbranched alkanes of at least 4 members (excludes halogenated alkanes) is 1. The Balaban J connectivity index is 0.000000784. The Morgan fingerprint density at radius 1 is 1.03 bits per heavy atom. The summed E-state index contributed by atoms with van der Waals surface area (Å²) in [5.74, 6) is 1.04. The predicted octanol–water partition coefficient (Wildman–Crippen LogP) is 3.72. The molecule has 186 valence electrons. The van der Waals surface area contributed by atoms with Crippen LogP contribution in [0.2, 0.25) is 5.02 Å². The zero-order valence-corrected chi connectivity index (χ0v) is 20.5. The zero-order chi connectivity index (χ0) is 25.5. The van der Waals surface area contributed by atoms with Crippen LogP contribution in [-0.2, 0) is 11.3 Å². The number of halogens is 1. The quantitative estimate of drug-likeness (QED) is 0.387. The van der Waals surface area contributed by atoms with Crippen LogP contribution in [0.4, 0.5) is 0 Å². The van der Waals surface area contributed by atoms with E-state index in [0.717, 1.165) is 12.1 Å².